The Labute approximate surface area is 151 Å². The first-order chi connectivity index (χ1) is 12.0. The van der Waals surface area contributed by atoms with Crippen molar-refractivity contribution in [1.29, 1.82) is 0 Å². The molecule has 0 aliphatic carbocycles. The molecule has 140 valence electrons. The highest BCUT2D eigenvalue weighted by atomic mass is 19.1. The lowest BCUT2D eigenvalue weighted by Crippen LogP contribution is -2.55. The predicted octanol–water partition coefficient (Wildman–Crippen LogP) is 2.44. The Balaban J connectivity index is 1.50. The van der Waals surface area contributed by atoms with Crippen molar-refractivity contribution in [2.75, 3.05) is 59.0 Å². The van der Waals surface area contributed by atoms with Gasteiger partial charge in [0.05, 0.1) is 13.2 Å². The van der Waals surface area contributed by atoms with Gasteiger partial charge in [-0.25, -0.2) is 4.39 Å². The van der Waals surface area contributed by atoms with Crippen molar-refractivity contribution in [3.05, 3.63) is 35.6 Å². The van der Waals surface area contributed by atoms with Gasteiger partial charge in [0.2, 0.25) is 0 Å². The standard InChI is InChI=1S/C20H32FN3O/c1-20(2,24-12-14-25-15-13-24)17-23-9-3-8-22(10-11-23)16-18-4-6-19(21)7-5-18/h4-7H,3,8-17H2,1-2H3. The van der Waals surface area contributed by atoms with E-state index in [0.29, 0.717) is 0 Å². The van der Waals surface area contributed by atoms with Crippen molar-refractivity contribution < 1.29 is 9.13 Å². The Morgan fingerprint density at radius 1 is 0.920 bits per heavy atom. The smallest absolute Gasteiger partial charge is 0.123 e. The molecule has 2 heterocycles. The van der Waals surface area contributed by atoms with Gasteiger partial charge in [0.1, 0.15) is 5.82 Å². The monoisotopic (exact) mass is 349 g/mol. The molecule has 0 atom stereocenters. The fourth-order valence-electron chi connectivity index (χ4n) is 4.00. The Morgan fingerprint density at radius 3 is 2.28 bits per heavy atom. The Bertz CT molecular complexity index is 528. The van der Waals surface area contributed by atoms with Crippen molar-refractivity contribution in [3.63, 3.8) is 0 Å². The molecule has 0 spiro atoms. The molecule has 5 heteroatoms. The van der Waals surface area contributed by atoms with Gasteiger partial charge in [-0.3, -0.25) is 9.80 Å². The van der Waals surface area contributed by atoms with Crippen LogP contribution in [-0.2, 0) is 11.3 Å². The lowest BCUT2D eigenvalue weighted by molar-refractivity contribution is -0.0213. The minimum atomic E-state index is -0.156. The zero-order chi connectivity index (χ0) is 17.7. The average Bonchev–Trinajstić information content (AvgIpc) is 2.83. The molecule has 0 N–H and O–H groups in total. The molecule has 0 saturated carbocycles. The third-order valence-corrected chi connectivity index (χ3v) is 5.48. The van der Waals surface area contributed by atoms with Crippen LogP contribution in [0.2, 0.25) is 0 Å². The second-order valence-electron chi connectivity index (χ2n) is 7.94. The fourth-order valence-corrected chi connectivity index (χ4v) is 4.00. The van der Waals surface area contributed by atoms with Crippen LogP contribution in [0, 0.1) is 5.82 Å². The fraction of sp³-hybridized carbons (Fsp3) is 0.700. The first-order valence-corrected chi connectivity index (χ1v) is 9.55. The van der Waals surface area contributed by atoms with Gasteiger partial charge in [-0.15, -0.1) is 0 Å². The number of morpholine rings is 1. The van der Waals surface area contributed by atoms with Gasteiger partial charge in [-0.2, -0.15) is 0 Å². The molecule has 1 aromatic carbocycles. The number of benzene rings is 1. The van der Waals surface area contributed by atoms with Crippen molar-refractivity contribution in [2.24, 2.45) is 0 Å². The first kappa shape index (κ1) is 18.8. The second kappa shape index (κ2) is 8.58. The number of nitrogens with zero attached hydrogens (tertiary/aromatic N) is 3. The number of rotatable bonds is 5. The second-order valence-corrected chi connectivity index (χ2v) is 7.94. The summed E-state index contributed by atoms with van der Waals surface area (Å²) in [5.74, 6) is -0.156. The third-order valence-electron chi connectivity index (χ3n) is 5.48. The van der Waals surface area contributed by atoms with E-state index >= 15 is 0 Å². The zero-order valence-electron chi connectivity index (χ0n) is 15.7. The van der Waals surface area contributed by atoms with Crippen molar-refractivity contribution in [2.45, 2.75) is 32.4 Å². The van der Waals surface area contributed by atoms with E-state index in [1.165, 1.54) is 12.0 Å². The van der Waals surface area contributed by atoms with Crippen LogP contribution < -0.4 is 0 Å². The molecule has 4 nitrogen and oxygen atoms in total. The first-order valence-electron chi connectivity index (χ1n) is 9.55. The van der Waals surface area contributed by atoms with Crippen LogP contribution in [0.5, 0.6) is 0 Å². The summed E-state index contributed by atoms with van der Waals surface area (Å²) in [4.78, 5) is 7.67. The highest BCUT2D eigenvalue weighted by molar-refractivity contribution is 5.15. The topological polar surface area (TPSA) is 19.0 Å². The van der Waals surface area contributed by atoms with Crippen LogP contribution in [0.4, 0.5) is 4.39 Å². The highest BCUT2D eigenvalue weighted by Crippen LogP contribution is 2.19. The molecule has 2 fully saturated rings. The summed E-state index contributed by atoms with van der Waals surface area (Å²) in [7, 11) is 0. The van der Waals surface area contributed by atoms with Crippen LogP contribution in [0.3, 0.4) is 0 Å². The molecule has 2 aliphatic rings. The minimum Gasteiger partial charge on any atom is -0.379 e. The van der Waals surface area contributed by atoms with Crippen molar-refractivity contribution in [3.8, 4) is 0 Å². The van der Waals surface area contributed by atoms with Crippen molar-refractivity contribution >= 4 is 0 Å². The molecule has 3 rings (SSSR count). The number of hydrogen-bond acceptors (Lipinski definition) is 4. The van der Waals surface area contributed by atoms with Gasteiger partial charge < -0.3 is 9.64 Å². The maximum Gasteiger partial charge on any atom is 0.123 e. The Hall–Kier alpha value is -1.01. The largest absolute Gasteiger partial charge is 0.379 e. The number of halogens is 1. The Kier molecular flexibility index (Phi) is 6.44. The average molecular weight is 349 g/mol. The van der Waals surface area contributed by atoms with E-state index in [1.807, 2.05) is 12.1 Å². The van der Waals surface area contributed by atoms with Crippen LogP contribution >= 0.6 is 0 Å². The normalized spacial score (nSPS) is 22.0. The molecule has 2 saturated heterocycles. The van der Waals surface area contributed by atoms with Gasteiger partial charge >= 0.3 is 0 Å². The number of hydrogen-bond donors (Lipinski definition) is 0. The van der Waals surface area contributed by atoms with Crippen LogP contribution in [-0.4, -0.2) is 79.3 Å². The summed E-state index contributed by atoms with van der Waals surface area (Å²) in [6.07, 6.45) is 1.19. The molecule has 0 bridgehead atoms. The summed E-state index contributed by atoms with van der Waals surface area (Å²) < 4.78 is 18.6. The van der Waals surface area contributed by atoms with E-state index in [9.17, 15) is 4.39 Å². The SMILES string of the molecule is CC(C)(CN1CCCN(Cc2ccc(F)cc2)CC1)N1CCOCC1. The van der Waals surface area contributed by atoms with Gasteiger partial charge in [-0.05, 0) is 51.1 Å². The quantitative estimate of drug-likeness (QED) is 0.813. The summed E-state index contributed by atoms with van der Waals surface area (Å²) >= 11 is 0. The number of ether oxygens (including phenoxy) is 1. The van der Waals surface area contributed by atoms with Gasteiger partial charge in [0.15, 0.2) is 0 Å². The van der Waals surface area contributed by atoms with E-state index in [0.717, 1.165) is 65.6 Å². The molecule has 1 aromatic rings. The molecule has 0 unspecified atom stereocenters. The van der Waals surface area contributed by atoms with E-state index < -0.39 is 0 Å². The van der Waals surface area contributed by atoms with Gasteiger partial charge in [0.25, 0.3) is 0 Å². The van der Waals surface area contributed by atoms with Gasteiger partial charge in [0, 0.05) is 44.8 Å². The zero-order valence-corrected chi connectivity index (χ0v) is 15.7. The predicted molar refractivity (Wildman–Crippen MR) is 99.2 cm³/mol. The van der Waals surface area contributed by atoms with Crippen LogP contribution in [0.1, 0.15) is 25.8 Å². The Morgan fingerprint density at radius 2 is 1.56 bits per heavy atom. The summed E-state index contributed by atoms with van der Waals surface area (Å²) in [6, 6.07) is 6.92. The van der Waals surface area contributed by atoms with Crippen LogP contribution in [0.25, 0.3) is 0 Å². The minimum absolute atomic E-state index is 0.156. The van der Waals surface area contributed by atoms with Crippen LogP contribution in [0.15, 0.2) is 24.3 Å². The summed E-state index contributed by atoms with van der Waals surface area (Å²) in [5.41, 5.74) is 1.39. The molecule has 0 radical (unpaired) electrons. The molecule has 2 aliphatic heterocycles. The lowest BCUT2D eigenvalue weighted by Gasteiger charge is -2.43. The summed E-state index contributed by atoms with van der Waals surface area (Å²) in [6.45, 7) is 15.0. The third kappa shape index (κ3) is 5.48. The molecule has 25 heavy (non-hydrogen) atoms. The molecule has 0 amide bonds. The maximum absolute atomic E-state index is 13.1. The van der Waals surface area contributed by atoms with Gasteiger partial charge in [-0.1, -0.05) is 12.1 Å². The maximum atomic E-state index is 13.1. The van der Waals surface area contributed by atoms with E-state index in [4.69, 9.17) is 4.74 Å². The molecular weight excluding hydrogens is 317 g/mol. The molecular formula is C20H32FN3O. The summed E-state index contributed by atoms with van der Waals surface area (Å²) in [5, 5.41) is 0. The lowest BCUT2D eigenvalue weighted by atomic mass is 10.0. The molecule has 0 aromatic heterocycles. The van der Waals surface area contributed by atoms with E-state index in [2.05, 4.69) is 28.5 Å². The van der Waals surface area contributed by atoms with E-state index in [-0.39, 0.29) is 11.4 Å². The van der Waals surface area contributed by atoms with E-state index in [1.54, 1.807) is 12.1 Å². The van der Waals surface area contributed by atoms with Crippen molar-refractivity contribution in [1.82, 2.24) is 14.7 Å². The highest BCUT2D eigenvalue weighted by Gasteiger charge is 2.30.